The molecule has 0 aliphatic rings. The summed E-state index contributed by atoms with van der Waals surface area (Å²) in [5, 5.41) is 1.49. The normalized spacial score (nSPS) is 10.8. The first kappa shape index (κ1) is 16.0. The Labute approximate surface area is 139 Å². The fourth-order valence-corrected chi connectivity index (χ4v) is 3.54. The summed E-state index contributed by atoms with van der Waals surface area (Å²) < 4.78 is 11.7. The molecule has 4 heteroatoms. The van der Waals surface area contributed by atoms with E-state index in [2.05, 4.69) is 24.3 Å². The van der Waals surface area contributed by atoms with Crippen LogP contribution >= 0.6 is 23.2 Å². The molecule has 0 saturated heterocycles. The Morgan fingerprint density at radius 3 is 1.70 bits per heavy atom. The molecule has 0 atom stereocenters. The van der Waals surface area contributed by atoms with Gasteiger partial charge >= 0.3 is 140 Å². The maximum absolute atomic E-state index is 10.8. The summed E-state index contributed by atoms with van der Waals surface area (Å²) in [6, 6.07) is 16.0. The molecular formula is C16H15Cl2OSn. The predicted octanol–water partition coefficient (Wildman–Crippen LogP) is 5.37. The van der Waals surface area contributed by atoms with Crippen molar-refractivity contribution in [3.05, 3.63) is 69.7 Å². The van der Waals surface area contributed by atoms with Gasteiger partial charge in [0.05, 0.1) is 0 Å². The molecule has 0 N–H and O–H groups in total. The molecule has 0 amide bonds. The van der Waals surface area contributed by atoms with Gasteiger partial charge in [-0.25, -0.2) is 0 Å². The van der Waals surface area contributed by atoms with Gasteiger partial charge < -0.3 is 0 Å². The summed E-state index contributed by atoms with van der Waals surface area (Å²) in [7, 11) is 0. The van der Waals surface area contributed by atoms with Crippen molar-refractivity contribution >= 4 is 44.3 Å². The van der Waals surface area contributed by atoms with E-state index in [-0.39, 0.29) is 0 Å². The van der Waals surface area contributed by atoms with Crippen LogP contribution in [-0.2, 0) is 3.08 Å². The minimum atomic E-state index is -1.34. The van der Waals surface area contributed by atoms with Crippen LogP contribution < -0.4 is 0 Å². The number of hydrogen-bond donors (Lipinski definition) is 0. The second-order valence-corrected chi connectivity index (χ2v) is 7.82. The number of halogens is 2. The Hall–Kier alpha value is -0.381. The van der Waals surface area contributed by atoms with Crippen LogP contribution in [-0.4, -0.2) is 21.1 Å². The van der Waals surface area contributed by atoms with Crippen molar-refractivity contribution in [2.75, 3.05) is 0 Å². The first-order valence-electron chi connectivity index (χ1n) is 6.56. The van der Waals surface area contributed by atoms with Gasteiger partial charge in [0, 0.05) is 0 Å². The molecule has 0 aliphatic heterocycles. The van der Waals surface area contributed by atoms with E-state index < -0.39 is 21.1 Å². The second kappa shape index (κ2) is 8.16. The van der Waals surface area contributed by atoms with Crippen molar-refractivity contribution in [1.82, 2.24) is 0 Å². The van der Waals surface area contributed by atoms with E-state index in [9.17, 15) is 3.08 Å². The van der Waals surface area contributed by atoms with E-state index in [1.54, 1.807) is 0 Å². The quantitative estimate of drug-likeness (QED) is 0.460. The van der Waals surface area contributed by atoms with Gasteiger partial charge in [-0.3, -0.25) is 0 Å². The molecule has 0 saturated carbocycles. The molecule has 0 bridgehead atoms. The summed E-state index contributed by atoms with van der Waals surface area (Å²) in [5.74, 6) is 0.315. The molecule has 1 nitrogen and oxygen atoms in total. The molecule has 0 spiro atoms. The first-order chi connectivity index (χ1) is 9.70. The average Bonchev–Trinajstić information content (AvgIpc) is 2.46. The van der Waals surface area contributed by atoms with Gasteiger partial charge in [0.2, 0.25) is 0 Å². The summed E-state index contributed by atoms with van der Waals surface area (Å²) in [4.78, 5) is 0. The molecule has 0 fully saturated rings. The average molecular weight is 413 g/mol. The van der Waals surface area contributed by atoms with Crippen molar-refractivity contribution in [2.24, 2.45) is 0 Å². The molecule has 20 heavy (non-hydrogen) atoms. The van der Waals surface area contributed by atoms with E-state index in [1.807, 2.05) is 24.3 Å². The van der Waals surface area contributed by atoms with Crippen LogP contribution in [0, 0.1) is 0 Å². The van der Waals surface area contributed by atoms with Gasteiger partial charge in [-0.2, -0.15) is 0 Å². The summed E-state index contributed by atoms with van der Waals surface area (Å²) >= 11 is 10.6. The van der Waals surface area contributed by atoms with Gasteiger partial charge in [-0.05, 0) is 0 Å². The Morgan fingerprint density at radius 2 is 1.30 bits per heavy atom. The molecule has 1 radical (unpaired) electrons. The van der Waals surface area contributed by atoms with Crippen molar-refractivity contribution < 1.29 is 3.08 Å². The summed E-state index contributed by atoms with van der Waals surface area (Å²) in [5.41, 5.74) is 2.49. The molecule has 2 aromatic carbocycles. The zero-order valence-electron chi connectivity index (χ0n) is 11.0. The molecule has 2 rings (SSSR count). The van der Waals surface area contributed by atoms with Crippen LogP contribution in [0.5, 0.6) is 0 Å². The van der Waals surface area contributed by atoms with Gasteiger partial charge in [-0.15, -0.1) is 0 Å². The zero-order chi connectivity index (χ0) is 14.4. The molecule has 0 aliphatic carbocycles. The third kappa shape index (κ3) is 4.57. The van der Waals surface area contributed by atoms with E-state index >= 15 is 0 Å². The van der Waals surface area contributed by atoms with Gasteiger partial charge in [0.1, 0.15) is 0 Å². The van der Waals surface area contributed by atoms with Crippen LogP contribution in [0.2, 0.25) is 14.5 Å². The second-order valence-electron chi connectivity index (χ2n) is 4.69. The van der Waals surface area contributed by atoms with Crippen molar-refractivity contribution in [3.63, 3.8) is 0 Å². The number of hydrogen-bond acceptors (Lipinski definition) is 1. The standard InChI is InChI=1S/C16H15Cl2.O.Sn/c1-2-3-16(12-4-8-14(17)9-5-12)13-6-10-15(18)11-7-13;;/h4-11,16H,1-3H2;;. The molecular weight excluding hydrogens is 398 g/mol. The summed E-state index contributed by atoms with van der Waals surface area (Å²) in [6.07, 6.45) is 2.01. The van der Waals surface area contributed by atoms with E-state index in [1.165, 1.54) is 11.1 Å². The molecule has 0 unspecified atom stereocenters. The van der Waals surface area contributed by atoms with E-state index in [4.69, 9.17) is 23.2 Å². The van der Waals surface area contributed by atoms with Crippen LogP contribution in [0.4, 0.5) is 0 Å². The van der Waals surface area contributed by atoms with Crippen LogP contribution in [0.25, 0.3) is 0 Å². The third-order valence-corrected chi connectivity index (χ3v) is 5.41. The van der Waals surface area contributed by atoms with Crippen LogP contribution in [0.1, 0.15) is 29.9 Å². The van der Waals surface area contributed by atoms with Crippen molar-refractivity contribution in [3.8, 4) is 0 Å². The summed E-state index contributed by atoms with van der Waals surface area (Å²) in [6.45, 7) is 0. The Balaban J connectivity index is 2.25. The van der Waals surface area contributed by atoms with Gasteiger partial charge in [-0.1, -0.05) is 0 Å². The fraction of sp³-hybridized carbons (Fsp3) is 0.250. The van der Waals surface area contributed by atoms with Gasteiger partial charge in [0.25, 0.3) is 0 Å². The molecule has 2 aromatic rings. The Morgan fingerprint density at radius 1 is 0.850 bits per heavy atom. The molecule has 0 heterocycles. The molecule has 0 aromatic heterocycles. The first-order valence-corrected chi connectivity index (χ1v) is 10.5. The number of rotatable bonds is 6. The zero-order valence-corrected chi connectivity index (χ0v) is 15.3. The van der Waals surface area contributed by atoms with Crippen LogP contribution in [0.3, 0.4) is 0 Å². The third-order valence-electron chi connectivity index (χ3n) is 3.32. The van der Waals surface area contributed by atoms with Gasteiger partial charge in [0.15, 0.2) is 0 Å². The minimum absolute atomic E-state index is 0.315. The fourth-order valence-electron chi connectivity index (χ4n) is 2.29. The monoisotopic (exact) mass is 413 g/mol. The Bertz CT molecular complexity index is 506. The van der Waals surface area contributed by atoms with Crippen molar-refractivity contribution in [2.45, 2.75) is 23.2 Å². The predicted molar refractivity (Wildman–Crippen MR) is 85.2 cm³/mol. The molecule has 103 valence electrons. The maximum atomic E-state index is 10.8. The van der Waals surface area contributed by atoms with E-state index in [0.29, 0.717) is 5.92 Å². The number of benzene rings is 2. The van der Waals surface area contributed by atoms with E-state index in [0.717, 1.165) is 27.3 Å². The van der Waals surface area contributed by atoms with Crippen LogP contribution in [0.15, 0.2) is 48.5 Å². The van der Waals surface area contributed by atoms with Crippen molar-refractivity contribution in [1.29, 1.82) is 0 Å². The Kier molecular flexibility index (Phi) is 6.52. The SMILES string of the molecule is [O]=[Sn][CH2]CCC(c1ccc(Cl)cc1)c1ccc(Cl)cc1. The topological polar surface area (TPSA) is 17.1 Å².